The first-order valence-electron chi connectivity index (χ1n) is 6.03. The molecule has 2 heterocycles. The molecule has 2 aliphatic heterocycles. The summed E-state index contributed by atoms with van der Waals surface area (Å²) in [5.41, 5.74) is 1.21. The molecule has 0 atom stereocenters. The number of amides is 2. The molecular formula is C12H17N3O2. The molecule has 2 aliphatic rings. The fourth-order valence-corrected chi connectivity index (χ4v) is 2.08. The molecule has 1 saturated heterocycles. The van der Waals surface area contributed by atoms with Crippen molar-refractivity contribution in [3.05, 3.63) is 11.8 Å². The molecule has 5 heteroatoms. The summed E-state index contributed by atoms with van der Waals surface area (Å²) >= 11 is 0. The third-order valence-electron chi connectivity index (χ3n) is 3.01. The predicted molar refractivity (Wildman–Crippen MR) is 64.4 cm³/mol. The highest BCUT2D eigenvalue weighted by molar-refractivity contribution is 5.97. The van der Waals surface area contributed by atoms with Crippen molar-refractivity contribution < 1.29 is 9.59 Å². The van der Waals surface area contributed by atoms with Crippen molar-refractivity contribution in [3.8, 4) is 0 Å². The highest BCUT2D eigenvalue weighted by Gasteiger charge is 2.24. The van der Waals surface area contributed by atoms with E-state index in [-0.39, 0.29) is 11.8 Å². The van der Waals surface area contributed by atoms with Gasteiger partial charge in [0.25, 0.3) is 0 Å². The van der Waals surface area contributed by atoms with Gasteiger partial charge in [-0.15, -0.1) is 0 Å². The van der Waals surface area contributed by atoms with E-state index in [0.29, 0.717) is 25.8 Å². The highest BCUT2D eigenvalue weighted by atomic mass is 16.2. The Kier molecular flexibility index (Phi) is 3.90. The second-order valence-electron chi connectivity index (χ2n) is 4.34. The van der Waals surface area contributed by atoms with Crippen LogP contribution in [-0.4, -0.2) is 36.1 Å². The Morgan fingerprint density at radius 2 is 2.06 bits per heavy atom. The van der Waals surface area contributed by atoms with Crippen LogP contribution in [0.3, 0.4) is 0 Å². The molecular weight excluding hydrogens is 218 g/mol. The van der Waals surface area contributed by atoms with Crippen molar-refractivity contribution in [1.82, 2.24) is 10.2 Å². The van der Waals surface area contributed by atoms with Crippen molar-refractivity contribution in [2.24, 2.45) is 4.99 Å². The molecule has 5 nitrogen and oxygen atoms in total. The largest absolute Gasteiger partial charge is 0.353 e. The number of aliphatic imine (C=N–C) groups is 1. The van der Waals surface area contributed by atoms with Gasteiger partial charge in [-0.2, -0.15) is 0 Å². The first-order chi connectivity index (χ1) is 8.27. The molecule has 0 aliphatic carbocycles. The van der Waals surface area contributed by atoms with Crippen LogP contribution in [0.5, 0.6) is 0 Å². The average Bonchev–Trinajstić information content (AvgIpc) is 2.34. The topological polar surface area (TPSA) is 61.8 Å². The van der Waals surface area contributed by atoms with E-state index in [9.17, 15) is 9.59 Å². The summed E-state index contributed by atoms with van der Waals surface area (Å²) < 4.78 is 0. The monoisotopic (exact) mass is 235 g/mol. The Hall–Kier alpha value is -1.65. The molecule has 2 amide bonds. The number of carbonyl (C=O) groups is 2. The summed E-state index contributed by atoms with van der Waals surface area (Å²) in [6.07, 6.45) is 7.04. The van der Waals surface area contributed by atoms with Gasteiger partial charge in [0.2, 0.25) is 11.8 Å². The molecule has 0 aromatic carbocycles. The minimum atomic E-state index is -0.0185. The van der Waals surface area contributed by atoms with E-state index >= 15 is 0 Å². The van der Waals surface area contributed by atoms with E-state index in [0.717, 1.165) is 19.4 Å². The van der Waals surface area contributed by atoms with Gasteiger partial charge >= 0.3 is 0 Å². The Balaban J connectivity index is 1.75. The quantitative estimate of drug-likeness (QED) is 0.734. The minimum Gasteiger partial charge on any atom is -0.353 e. The van der Waals surface area contributed by atoms with E-state index in [1.165, 1.54) is 10.5 Å². The number of nitrogens with one attached hydrogen (secondary N) is 1. The van der Waals surface area contributed by atoms with Gasteiger partial charge < -0.3 is 5.32 Å². The number of rotatable bonds is 4. The lowest BCUT2D eigenvalue weighted by atomic mass is 10.1. The highest BCUT2D eigenvalue weighted by Crippen LogP contribution is 2.14. The number of carbonyl (C=O) groups excluding carboxylic acids is 2. The number of hydrogen-bond donors (Lipinski definition) is 1. The Bertz CT molecular complexity index is 358. The Morgan fingerprint density at radius 3 is 2.71 bits per heavy atom. The molecule has 0 spiro atoms. The van der Waals surface area contributed by atoms with Gasteiger partial charge in [-0.05, 0) is 24.8 Å². The van der Waals surface area contributed by atoms with Gasteiger partial charge in [0.1, 0.15) is 0 Å². The first-order valence-corrected chi connectivity index (χ1v) is 6.03. The maximum absolute atomic E-state index is 11.5. The number of piperidine rings is 1. The van der Waals surface area contributed by atoms with Gasteiger partial charge in [-0.3, -0.25) is 19.5 Å². The number of hydrogen-bond acceptors (Lipinski definition) is 4. The smallest absolute Gasteiger partial charge is 0.229 e. The van der Waals surface area contributed by atoms with E-state index in [1.807, 2.05) is 6.20 Å². The van der Waals surface area contributed by atoms with E-state index < -0.39 is 0 Å². The van der Waals surface area contributed by atoms with Crippen LogP contribution in [0, 0.1) is 0 Å². The zero-order valence-corrected chi connectivity index (χ0v) is 9.82. The van der Waals surface area contributed by atoms with Crippen molar-refractivity contribution >= 4 is 18.2 Å². The van der Waals surface area contributed by atoms with Crippen LogP contribution in [-0.2, 0) is 9.59 Å². The average molecular weight is 235 g/mol. The van der Waals surface area contributed by atoms with Gasteiger partial charge in [0.15, 0.2) is 0 Å². The second kappa shape index (κ2) is 5.61. The summed E-state index contributed by atoms with van der Waals surface area (Å²) in [7, 11) is 0. The number of imide groups is 1. The summed E-state index contributed by atoms with van der Waals surface area (Å²) in [6.45, 7) is 1.26. The second-order valence-corrected chi connectivity index (χ2v) is 4.34. The van der Waals surface area contributed by atoms with Crippen LogP contribution >= 0.6 is 0 Å². The van der Waals surface area contributed by atoms with E-state index in [4.69, 9.17) is 0 Å². The van der Waals surface area contributed by atoms with E-state index in [2.05, 4.69) is 10.3 Å². The SMILES string of the molecule is O=C1CCCC(=O)N1CCCC1=CNC=NC1. The lowest BCUT2D eigenvalue weighted by Gasteiger charge is -2.24. The lowest BCUT2D eigenvalue weighted by Crippen LogP contribution is -2.40. The molecule has 17 heavy (non-hydrogen) atoms. The van der Waals surface area contributed by atoms with Gasteiger partial charge in [-0.25, -0.2) is 0 Å². The van der Waals surface area contributed by atoms with Crippen LogP contribution in [0.2, 0.25) is 0 Å². The minimum absolute atomic E-state index is 0.0185. The Labute approximate surface area is 101 Å². The Morgan fingerprint density at radius 1 is 1.29 bits per heavy atom. The normalized spacial score (nSPS) is 20.2. The number of likely N-dealkylation sites (tertiary alicyclic amines) is 1. The molecule has 0 unspecified atom stereocenters. The summed E-state index contributed by atoms with van der Waals surface area (Å²) in [6, 6.07) is 0. The molecule has 0 radical (unpaired) electrons. The lowest BCUT2D eigenvalue weighted by molar-refractivity contribution is -0.147. The summed E-state index contributed by atoms with van der Waals surface area (Å²) in [5.74, 6) is -0.0370. The van der Waals surface area contributed by atoms with Crippen molar-refractivity contribution in [2.75, 3.05) is 13.1 Å². The van der Waals surface area contributed by atoms with Crippen LogP contribution in [0.15, 0.2) is 16.8 Å². The molecule has 0 aromatic heterocycles. The summed E-state index contributed by atoms with van der Waals surface area (Å²) in [4.78, 5) is 28.6. The molecule has 92 valence electrons. The molecule has 1 fully saturated rings. The standard InChI is InChI=1S/C12H17N3O2/c16-11-4-1-5-12(17)15(11)6-2-3-10-7-13-9-14-8-10/h7,9H,1-6,8H2,(H,13,14). The molecule has 2 rings (SSSR count). The fourth-order valence-electron chi connectivity index (χ4n) is 2.08. The van der Waals surface area contributed by atoms with Crippen LogP contribution < -0.4 is 5.32 Å². The third-order valence-corrected chi connectivity index (χ3v) is 3.01. The van der Waals surface area contributed by atoms with Gasteiger partial charge in [0, 0.05) is 25.6 Å². The molecule has 0 bridgehead atoms. The van der Waals surface area contributed by atoms with Crippen molar-refractivity contribution in [3.63, 3.8) is 0 Å². The fraction of sp³-hybridized carbons (Fsp3) is 0.583. The van der Waals surface area contributed by atoms with E-state index in [1.54, 1.807) is 6.34 Å². The van der Waals surface area contributed by atoms with Gasteiger partial charge in [-0.1, -0.05) is 0 Å². The third kappa shape index (κ3) is 3.15. The molecule has 0 saturated carbocycles. The maximum Gasteiger partial charge on any atom is 0.229 e. The van der Waals surface area contributed by atoms with Crippen LogP contribution in [0.25, 0.3) is 0 Å². The zero-order chi connectivity index (χ0) is 12.1. The predicted octanol–water partition coefficient (Wildman–Crippen LogP) is 0.821. The summed E-state index contributed by atoms with van der Waals surface area (Å²) in [5, 5.41) is 2.94. The number of nitrogens with zero attached hydrogens (tertiary/aromatic N) is 2. The van der Waals surface area contributed by atoms with Crippen molar-refractivity contribution in [1.29, 1.82) is 0 Å². The maximum atomic E-state index is 11.5. The molecule has 0 aromatic rings. The van der Waals surface area contributed by atoms with Gasteiger partial charge in [0.05, 0.1) is 12.9 Å². The zero-order valence-electron chi connectivity index (χ0n) is 9.82. The molecule has 1 N–H and O–H groups in total. The first kappa shape index (κ1) is 11.8. The van der Waals surface area contributed by atoms with Crippen LogP contribution in [0.1, 0.15) is 32.1 Å². The van der Waals surface area contributed by atoms with Crippen molar-refractivity contribution in [2.45, 2.75) is 32.1 Å². The van der Waals surface area contributed by atoms with Crippen LogP contribution in [0.4, 0.5) is 0 Å².